The molecular weight excluding hydrogens is 508 g/mol. The van der Waals surface area contributed by atoms with Crippen LogP contribution in [0.2, 0.25) is 0 Å². The molecular formula is C40H28N2. The molecule has 7 rings (SSSR count). The molecule has 1 atom stereocenters. The van der Waals surface area contributed by atoms with E-state index >= 15 is 0 Å². The third kappa shape index (κ3) is 3.60. The molecule has 6 aromatic rings. The van der Waals surface area contributed by atoms with E-state index in [0.717, 1.165) is 50.1 Å². The van der Waals surface area contributed by atoms with Gasteiger partial charge in [-0.15, -0.1) is 6.42 Å². The van der Waals surface area contributed by atoms with Crippen molar-refractivity contribution in [3.8, 4) is 24.1 Å². The van der Waals surface area contributed by atoms with Gasteiger partial charge in [-0.25, -0.2) is 0 Å². The summed E-state index contributed by atoms with van der Waals surface area (Å²) >= 11 is 0. The van der Waals surface area contributed by atoms with Crippen LogP contribution in [0.3, 0.4) is 0 Å². The molecule has 0 N–H and O–H groups in total. The van der Waals surface area contributed by atoms with E-state index in [4.69, 9.17) is 6.42 Å². The Morgan fingerprint density at radius 1 is 0.762 bits per heavy atom. The Balaban J connectivity index is 1.63. The van der Waals surface area contributed by atoms with Crippen LogP contribution in [0.1, 0.15) is 34.7 Å². The van der Waals surface area contributed by atoms with Crippen molar-refractivity contribution in [3.63, 3.8) is 0 Å². The van der Waals surface area contributed by atoms with Crippen LogP contribution in [0.5, 0.6) is 0 Å². The van der Waals surface area contributed by atoms with Crippen LogP contribution in [0.25, 0.3) is 33.1 Å². The number of aryl methyl sites for hydroxylation is 1. The quantitative estimate of drug-likeness (QED) is 0.163. The molecule has 0 spiro atoms. The predicted molar refractivity (Wildman–Crippen MR) is 173 cm³/mol. The third-order valence-electron chi connectivity index (χ3n) is 8.55. The monoisotopic (exact) mass is 536 g/mol. The molecule has 0 fully saturated rings. The zero-order chi connectivity index (χ0) is 28.8. The Morgan fingerprint density at radius 3 is 2.19 bits per heavy atom. The smallest absolute Gasteiger partial charge is 0.0944 e. The van der Waals surface area contributed by atoms with Crippen molar-refractivity contribution in [2.45, 2.75) is 19.3 Å². The fourth-order valence-corrected chi connectivity index (χ4v) is 6.73. The summed E-state index contributed by atoms with van der Waals surface area (Å²) in [7, 11) is 0. The topological polar surface area (TPSA) is 28.7 Å². The zero-order valence-corrected chi connectivity index (χ0v) is 23.6. The molecule has 1 unspecified atom stereocenters. The SMILES string of the molecule is C#CC1=C(/C=C(\C)C#N)c2ccccc2C1(c1ccc(C)cc1)c1ccc2c(c1)c1ccccc1n2-c1ccccc1. The number of allylic oxidation sites excluding steroid dienone is 4. The molecule has 1 aliphatic rings. The van der Waals surface area contributed by atoms with Gasteiger partial charge >= 0.3 is 0 Å². The van der Waals surface area contributed by atoms with Gasteiger partial charge in [0.2, 0.25) is 0 Å². The Bertz CT molecular complexity index is 2160. The molecule has 0 radical (unpaired) electrons. The van der Waals surface area contributed by atoms with E-state index < -0.39 is 5.41 Å². The van der Waals surface area contributed by atoms with E-state index in [1.54, 1.807) is 0 Å². The molecule has 5 aromatic carbocycles. The maximum Gasteiger partial charge on any atom is 0.0944 e. The summed E-state index contributed by atoms with van der Waals surface area (Å²) < 4.78 is 2.33. The first kappa shape index (κ1) is 25.4. The zero-order valence-electron chi connectivity index (χ0n) is 23.6. The lowest BCUT2D eigenvalue weighted by Crippen LogP contribution is -2.29. The minimum absolute atomic E-state index is 0.619. The number of rotatable bonds is 4. The molecule has 2 heteroatoms. The molecule has 1 aliphatic carbocycles. The highest BCUT2D eigenvalue weighted by Gasteiger charge is 2.47. The Hall–Kier alpha value is -5.57. The van der Waals surface area contributed by atoms with Gasteiger partial charge in [0.1, 0.15) is 0 Å². The van der Waals surface area contributed by atoms with Crippen molar-refractivity contribution in [1.29, 1.82) is 5.26 Å². The normalized spacial score (nSPS) is 16.4. The van der Waals surface area contributed by atoms with E-state index in [1.807, 2.05) is 25.1 Å². The molecule has 2 nitrogen and oxygen atoms in total. The highest BCUT2D eigenvalue weighted by Crippen LogP contribution is 2.55. The highest BCUT2D eigenvalue weighted by molar-refractivity contribution is 6.10. The van der Waals surface area contributed by atoms with Gasteiger partial charge in [-0.3, -0.25) is 0 Å². The van der Waals surface area contributed by atoms with Crippen LogP contribution in [0, 0.1) is 30.6 Å². The molecule has 0 bridgehead atoms. The molecule has 0 saturated heterocycles. The molecule has 0 saturated carbocycles. The maximum atomic E-state index is 9.72. The summed E-state index contributed by atoms with van der Waals surface area (Å²) in [6.45, 7) is 3.94. The van der Waals surface area contributed by atoms with Gasteiger partial charge < -0.3 is 4.57 Å². The van der Waals surface area contributed by atoms with Crippen molar-refractivity contribution in [1.82, 2.24) is 4.57 Å². The summed E-state index contributed by atoms with van der Waals surface area (Å²) in [6, 6.07) is 45.3. The minimum Gasteiger partial charge on any atom is -0.309 e. The van der Waals surface area contributed by atoms with Crippen LogP contribution in [-0.2, 0) is 5.41 Å². The summed E-state index contributed by atoms with van der Waals surface area (Å²) in [5, 5.41) is 12.1. The van der Waals surface area contributed by atoms with Gasteiger partial charge in [0.25, 0.3) is 0 Å². The Labute approximate surface area is 246 Å². The molecule has 0 amide bonds. The fourth-order valence-electron chi connectivity index (χ4n) is 6.73. The minimum atomic E-state index is -0.718. The number of hydrogen-bond donors (Lipinski definition) is 0. The maximum absolute atomic E-state index is 9.72. The number of terminal acetylenes is 1. The van der Waals surface area contributed by atoms with Crippen LogP contribution in [-0.4, -0.2) is 4.57 Å². The summed E-state index contributed by atoms with van der Waals surface area (Å²) in [5.41, 5.74) is 10.7. The van der Waals surface area contributed by atoms with Gasteiger partial charge in [0, 0.05) is 27.6 Å². The standard InChI is InChI=1S/C40H28N2/c1-4-36-34(24-28(3)26-41)32-14-8-10-16-37(32)40(36,29-20-18-27(2)19-21-29)30-22-23-39-35(25-30)33-15-9-11-17-38(33)42(39)31-12-6-5-7-13-31/h1,5-25H,2-3H3/b28-24+. The second-order valence-corrected chi connectivity index (χ2v) is 11.0. The second-order valence-electron chi connectivity index (χ2n) is 11.0. The van der Waals surface area contributed by atoms with Crippen LogP contribution >= 0.6 is 0 Å². The molecule has 198 valence electrons. The van der Waals surface area contributed by atoms with Gasteiger partial charge in [-0.2, -0.15) is 5.26 Å². The Morgan fingerprint density at radius 2 is 1.43 bits per heavy atom. The second kappa shape index (κ2) is 9.81. The van der Waals surface area contributed by atoms with E-state index in [9.17, 15) is 5.26 Å². The highest BCUT2D eigenvalue weighted by atomic mass is 15.0. The Kier molecular flexibility index (Phi) is 5.93. The van der Waals surface area contributed by atoms with E-state index in [1.165, 1.54) is 16.3 Å². The van der Waals surface area contributed by atoms with Crippen molar-refractivity contribution >= 4 is 27.4 Å². The number of nitrogens with zero attached hydrogens (tertiary/aromatic N) is 2. The first-order valence-corrected chi connectivity index (χ1v) is 14.1. The number of benzene rings is 5. The first-order valence-electron chi connectivity index (χ1n) is 14.1. The van der Waals surface area contributed by atoms with Gasteiger partial charge in [0.15, 0.2) is 0 Å². The lowest BCUT2D eigenvalue weighted by molar-refractivity contribution is 0.768. The largest absolute Gasteiger partial charge is 0.309 e. The summed E-state index contributed by atoms with van der Waals surface area (Å²) in [4.78, 5) is 0. The summed E-state index contributed by atoms with van der Waals surface area (Å²) in [6.07, 6.45) is 8.41. The number of fused-ring (bicyclic) bond motifs is 4. The molecule has 1 heterocycles. The predicted octanol–water partition coefficient (Wildman–Crippen LogP) is 9.30. The fraction of sp³-hybridized carbons (Fsp3) is 0.0750. The summed E-state index contributed by atoms with van der Waals surface area (Å²) in [5.74, 6) is 3.13. The molecule has 1 aromatic heterocycles. The van der Waals surface area contributed by atoms with E-state index in [0.29, 0.717) is 5.57 Å². The number of aromatic nitrogens is 1. The lowest BCUT2D eigenvalue weighted by Gasteiger charge is -2.34. The van der Waals surface area contributed by atoms with Crippen LogP contribution in [0.4, 0.5) is 0 Å². The van der Waals surface area contributed by atoms with Crippen molar-refractivity contribution in [3.05, 3.63) is 166 Å². The first-order chi connectivity index (χ1) is 20.6. The van der Waals surface area contributed by atoms with Gasteiger partial charge in [0.05, 0.1) is 22.5 Å². The molecule has 42 heavy (non-hydrogen) atoms. The van der Waals surface area contributed by atoms with Gasteiger partial charge in [-0.05, 0) is 78.1 Å². The van der Waals surface area contributed by atoms with Crippen LogP contribution in [0.15, 0.2) is 139 Å². The van der Waals surface area contributed by atoms with Crippen LogP contribution < -0.4 is 0 Å². The average Bonchev–Trinajstić information content (AvgIpc) is 3.52. The lowest BCUT2D eigenvalue weighted by atomic mass is 9.66. The number of hydrogen-bond acceptors (Lipinski definition) is 1. The van der Waals surface area contributed by atoms with Crippen molar-refractivity contribution < 1.29 is 0 Å². The van der Waals surface area contributed by atoms with E-state index in [2.05, 4.69) is 133 Å². The number of para-hydroxylation sites is 2. The molecule has 0 aliphatic heterocycles. The van der Waals surface area contributed by atoms with Gasteiger partial charge in [-0.1, -0.05) is 102 Å². The number of nitriles is 1. The van der Waals surface area contributed by atoms with E-state index in [-0.39, 0.29) is 0 Å². The van der Waals surface area contributed by atoms with Crippen molar-refractivity contribution in [2.24, 2.45) is 0 Å². The average molecular weight is 537 g/mol. The third-order valence-corrected chi connectivity index (χ3v) is 8.55. The van der Waals surface area contributed by atoms with Crippen molar-refractivity contribution in [2.75, 3.05) is 0 Å².